The number of ether oxygens (including phenoxy) is 2. The molecule has 9 nitrogen and oxygen atoms in total. The Labute approximate surface area is 202 Å². The van der Waals surface area contributed by atoms with Gasteiger partial charge in [-0.1, -0.05) is 18.2 Å². The second kappa shape index (κ2) is 9.30. The molecule has 0 aromatic heterocycles. The van der Waals surface area contributed by atoms with E-state index in [2.05, 4.69) is 15.4 Å². The minimum Gasteiger partial charge on any atom is -0.490 e. The highest BCUT2D eigenvalue weighted by Crippen LogP contribution is 2.34. The quantitative estimate of drug-likeness (QED) is 0.498. The van der Waals surface area contributed by atoms with Crippen molar-refractivity contribution >= 4 is 38.9 Å². The number of fused-ring (bicyclic) bond motifs is 2. The van der Waals surface area contributed by atoms with Crippen LogP contribution in [0.2, 0.25) is 0 Å². The van der Waals surface area contributed by atoms with E-state index in [1.54, 1.807) is 42.5 Å². The smallest absolute Gasteiger partial charge is 0.262 e. The van der Waals surface area contributed by atoms with Crippen LogP contribution < -0.4 is 24.8 Å². The molecule has 0 unspecified atom stereocenters. The van der Waals surface area contributed by atoms with Crippen LogP contribution >= 0.6 is 0 Å². The van der Waals surface area contributed by atoms with E-state index in [1.807, 2.05) is 12.1 Å². The van der Waals surface area contributed by atoms with Crippen molar-refractivity contribution in [3.8, 4) is 11.5 Å². The average Bonchev–Trinajstić information content (AvgIpc) is 3.09. The number of anilines is 3. The molecule has 2 aliphatic heterocycles. The highest BCUT2D eigenvalue weighted by molar-refractivity contribution is 7.92. The molecule has 3 N–H and O–H groups in total. The molecule has 0 radical (unpaired) electrons. The van der Waals surface area contributed by atoms with Crippen molar-refractivity contribution in [2.75, 3.05) is 28.6 Å². The van der Waals surface area contributed by atoms with E-state index in [1.165, 1.54) is 12.1 Å². The van der Waals surface area contributed by atoms with E-state index in [0.717, 1.165) is 12.0 Å². The number of nitrogens with one attached hydrogen (secondary N) is 3. The Morgan fingerprint density at radius 1 is 0.914 bits per heavy atom. The minimum atomic E-state index is -3.87. The SMILES string of the molecule is O=C1C[C@H](C(=O)Nc2ccc(NS(=O)(=O)c3ccc4c(c3)OCCCO4)cc2)c2ccccc2N1. The fourth-order valence-corrected chi connectivity index (χ4v) is 5.09. The molecule has 2 heterocycles. The van der Waals surface area contributed by atoms with E-state index in [0.29, 0.717) is 41.8 Å². The molecule has 0 fully saturated rings. The van der Waals surface area contributed by atoms with Gasteiger partial charge in [0.1, 0.15) is 0 Å². The molecule has 3 aromatic rings. The van der Waals surface area contributed by atoms with Gasteiger partial charge in [-0.3, -0.25) is 14.3 Å². The molecule has 10 heteroatoms. The van der Waals surface area contributed by atoms with Gasteiger partial charge in [-0.25, -0.2) is 8.42 Å². The number of carbonyl (C=O) groups excluding carboxylic acids is 2. The Morgan fingerprint density at radius 3 is 2.43 bits per heavy atom. The Bertz CT molecular complexity index is 1390. The fraction of sp³-hybridized carbons (Fsp3) is 0.200. The van der Waals surface area contributed by atoms with Crippen LogP contribution in [-0.4, -0.2) is 33.4 Å². The molecule has 35 heavy (non-hydrogen) atoms. The summed E-state index contributed by atoms with van der Waals surface area (Å²) in [6, 6.07) is 18.0. The summed E-state index contributed by atoms with van der Waals surface area (Å²) >= 11 is 0. The number of hydrogen-bond donors (Lipinski definition) is 3. The molecular weight excluding hydrogens is 470 g/mol. The number of rotatable bonds is 5. The van der Waals surface area contributed by atoms with Crippen LogP contribution in [0.4, 0.5) is 17.1 Å². The van der Waals surface area contributed by atoms with Crippen molar-refractivity contribution in [2.24, 2.45) is 0 Å². The maximum atomic E-state index is 12.9. The zero-order valence-corrected chi connectivity index (χ0v) is 19.4. The molecule has 0 aliphatic carbocycles. The third kappa shape index (κ3) is 4.92. The normalized spacial score (nSPS) is 16.9. The van der Waals surface area contributed by atoms with Gasteiger partial charge in [0, 0.05) is 36.0 Å². The standard InChI is InChI=1S/C25H23N3O6S/c29-24-15-20(19-4-1-2-5-21(19)27-24)25(30)26-16-6-8-17(9-7-16)28-35(31,32)18-10-11-22-23(14-18)34-13-3-12-33-22/h1-2,4-11,14,20,28H,3,12-13,15H2,(H,26,30)(H,27,29)/t20-/m0/s1. The number of para-hydroxylation sites is 1. The van der Waals surface area contributed by atoms with Crippen LogP contribution in [-0.2, 0) is 19.6 Å². The van der Waals surface area contributed by atoms with Gasteiger partial charge in [0.2, 0.25) is 11.8 Å². The predicted molar refractivity (Wildman–Crippen MR) is 130 cm³/mol. The molecule has 5 rings (SSSR count). The van der Waals surface area contributed by atoms with Crippen LogP contribution in [0.3, 0.4) is 0 Å². The number of sulfonamides is 1. The maximum Gasteiger partial charge on any atom is 0.262 e. The molecule has 0 spiro atoms. The van der Waals surface area contributed by atoms with Gasteiger partial charge in [-0.05, 0) is 48.0 Å². The van der Waals surface area contributed by atoms with Crippen LogP contribution in [0.5, 0.6) is 11.5 Å². The summed E-state index contributed by atoms with van der Waals surface area (Å²) in [5.74, 6) is -0.241. The van der Waals surface area contributed by atoms with Gasteiger partial charge >= 0.3 is 0 Å². The summed E-state index contributed by atoms with van der Waals surface area (Å²) in [5.41, 5.74) is 2.20. The predicted octanol–water partition coefficient (Wildman–Crippen LogP) is 3.71. The molecule has 0 bridgehead atoms. The lowest BCUT2D eigenvalue weighted by Crippen LogP contribution is -2.30. The van der Waals surface area contributed by atoms with Gasteiger partial charge < -0.3 is 20.1 Å². The zero-order valence-electron chi connectivity index (χ0n) is 18.6. The van der Waals surface area contributed by atoms with Gasteiger partial charge in [0.05, 0.1) is 24.0 Å². The average molecular weight is 494 g/mol. The van der Waals surface area contributed by atoms with Crippen LogP contribution in [0, 0.1) is 0 Å². The fourth-order valence-electron chi connectivity index (χ4n) is 4.02. The topological polar surface area (TPSA) is 123 Å². The van der Waals surface area contributed by atoms with Gasteiger partial charge in [0.15, 0.2) is 11.5 Å². The largest absolute Gasteiger partial charge is 0.490 e. The van der Waals surface area contributed by atoms with E-state index in [-0.39, 0.29) is 23.1 Å². The number of carbonyl (C=O) groups is 2. The summed E-state index contributed by atoms with van der Waals surface area (Å²) in [6.07, 6.45) is 0.772. The minimum absolute atomic E-state index is 0.0494. The highest BCUT2D eigenvalue weighted by Gasteiger charge is 2.30. The number of hydrogen-bond acceptors (Lipinski definition) is 6. The molecule has 2 aliphatic rings. The first kappa shape index (κ1) is 22.7. The van der Waals surface area contributed by atoms with Crippen molar-refractivity contribution < 1.29 is 27.5 Å². The van der Waals surface area contributed by atoms with E-state index < -0.39 is 15.9 Å². The zero-order chi connectivity index (χ0) is 24.4. The second-order valence-corrected chi connectivity index (χ2v) is 9.91. The Kier molecular flexibility index (Phi) is 6.04. The van der Waals surface area contributed by atoms with Crippen LogP contribution in [0.25, 0.3) is 0 Å². The van der Waals surface area contributed by atoms with Crippen molar-refractivity contribution in [3.63, 3.8) is 0 Å². The third-order valence-electron chi connectivity index (χ3n) is 5.75. The summed E-state index contributed by atoms with van der Waals surface area (Å²) in [6.45, 7) is 0.967. The van der Waals surface area contributed by atoms with E-state index >= 15 is 0 Å². The van der Waals surface area contributed by atoms with Crippen molar-refractivity contribution in [1.29, 1.82) is 0 Å². The second-order valence-electron chi connectivity index (χ2n) is 8.22. The van der Waals surface area contributed by atoms with Crippen molar-refractivity contribution in [3.05, 3.63) is 72.3 Å². The Hall–Kier alpha value is -4.05. The molecule has 180 valence electrons. The molecule has 0 saturated heterocycles. The monoisotopic (exact) mass is 493 g/mol. The van der Waals surface area contributed by atoms with Crippen LogP contribution in [0.1, 0.15) is 24.3 Å². The van der Waals surface area contributed by atoms with Gasteiger partial charge in [-0.2, -0.15) is 0 Å². The van der Waals surface area contributed by atoms with E-state index in [4.69, 9.17) is 9.47 Å². The van der Waals surface area contributed by atoms with Gasteiger partial charge in [-0.15, -0.1) is 0 Å². The lowest BCUT2D eigenvalue weighted by Gasteiger charge is -2.24. The lowest BCUT2D eigenvalue weighted by molar-refractivity contribution is -0.123. The number of benzene rings is 3. The Balaban J connectivity index is 1.28. The molecule has 0 saturated carbocycles. The summed E-state index contributed by atoms with van der Waals surface area (Å²) in [5, 5.41) is 5.58. The molecule has 2 amide bonds. The van der Waals surface area contributed by atoms with Crippen molar-refractivity contribution in [1.82, 2.24) is 0 Å². The third-order valence-corrected chi connectivity index (χ3v) is 7.13. The summed E-state index contributed by atoms with van der Waals surface area (Å²) < 4.78 is 39.4. The molecule has 1 atom stereocenters. The van der Waals surface area contributed by atoms with Crippen LogP contribution in [0.15, 0.2) is 71.6 Å². The van der Waals surface area contributed by atoms with Crippen molar-refractivity contribution in [2.45, 2.75) is 23.7 Å². The lowest BCUT2D eigenvalue weighted by atomic mass is 9.90. The Morgan fingerprint density at radius 2 is 1.63 bits per heavy atom. The highest BCUT2D eigenvalue weighted by atomic mass is 32.2. The molecule has 3 aromatic carbocycles. The maximum absolute atomic E-state index is 12.9. The first-order chi connectivity index (χ1) is 16.9. The summed E-state index contributed by atoms with van der Waals surface area (Å²) in [7, 11) is -3.87. The first-order valence-electron chi connectivity index (χ1n) is 11.1. The summed E-state index contributed by atoms with van der Waals surface area (Å²) in [4.78, 5) is 25.0. The van der Waals surface area contributed by atoms with Gasteiger partial charge in [0.25, 0.3) is 10.0 Å². The van der Waals surface area contributed by atoms with E-state index in [9.17, 15) is 18.0 Å². The first-order valence-corrected chi connectivity index (χ1v) is 12.6. The molecular formula is C25H23N3O6S. The number of amides is 2.